The van der Waals surface area contributed by atoms with E-state index in [1.54, 1.807) is 7.11 Å². The lowest BCUT2D eigenvalue weighted by Crippen LogP contribution is -2.50. The number of benzene rings is 1. The van der Waals surface area contributed by atoms with Gasteiger partial charge in [0.25, 0.3) is 0 Å². The minimum Gasteiger partial charge on any atom is -0.497 e. The fraction of sp³-hybridized carbons (Fsp3) is 0.609. The van der Waals surface area contributed by atoms with Crippen LogP contribution < -0.4 is 4.74 Å². The molecule has 2 fully saturated rings. The number of carbonyl (C=O) groups is 1. The summed E-state index contributed by atoms with van der Waals surface area (Å²) in [6.07, 6.45) is 5.79. The van der Waals surface area contributed by atoms with E-state index in [0.717, 1.165) is 37.9 Å². The molecule has 3 aliphatic carbocycles. The van der Waals surface area contributed by atoms with Gasteiger partial charge in [0.05, 0.1) is 14.2 Å². The second-order valence-corrected chi connectivity index (χ2v) is 8.58. The molecule has 1 aromatic carbocycles. The van der Waals surface area contributed by atoms with Crippen molar-refractivity contribution in [3.05, 3.63) is 29.3 Å². The summed E-state index contributed by atoms with van der Waals surface area (Å²) in [6.45, 7) is 2.18. The van der Waals surface area contributed by atoms with Crippen molar-refractivity contribution >= 4 is 5.97 Å². The second-order valence-electron chi connectivity index (χ2n) is 8.58. The molecule has 5 atom stereocenters. The third-order valence-electron chi connectivity index (χ3n) is 7.64. The van der Waals surface area contributed by atoms with Crippen LogP contribution in [-0.2, 0) is 16.0 Å². The molecule has 4 rings (SSSR count). The Labute approximate surface area is 161 Å². The minimum atomic E-state index is -1.10. The highest BCUT2D eigenvalue weighted by Crippen LogP contribution is 2.64. The Kier molecular flexibility index (Phi) is 4.47. The fourth-order valence-electron chi connectivity index (χ4n) is 6.11. The summed E-state index contributed by atoms with van der Waals surface area (Å²) < 4.78 is 10.0. The van der Waals surface area contributed by atoms with Gasteiger partial charge in [-0.3, -0.25) is 0 Å². The molecule has 4 nitrogen and oxygen atoms in total. The van der Waals surface area contributed by atoms with Gasteiger partial charge in [0, 0.05) is 11.3 Å². The van der Waals surface area contributed by atoms with Gasteiger partial charge < -0.3 is 14.6 Å². The topological polar surface area (TPSA) is 55.8 Å². The normalized spacial score (nSPS) is 36.5. The van der Waals surface area contributed by atoms with Gasteiger partial charge in [-0.1, -0.05) is 18.9 Å². The molecule has 0 saturated heterocycles. The highest BCUT2D eigenvalue weighted by Gasteiger charge is 2.61. The lowest BCUT2D eigenvalue weighted by molar-refractivity contribution is -0.133. The maximum Gasteiger partial charge on any atom is 0.384 e. The number of aryl methyl sites for hydroxylation is 1. The molecule has 3 aliphatic rings. The Morgan fingerprint density at radius 3 is 2.78 bits per heavy atom. The van der Waals surface area contributed by atoms with Crippen LogP contribution in [-0.4, -0.2) is 30.9 Å². The van der Waals surface area contributed by atoms with E-state index in [9.17, 15) is 9.90 Å². The molecule has 0 bridgehead atoms. The van der Waals surface area contributed by atoms with Gasteiger partial charge >= 0.3 is 5.97 Å². The molecular formula is C23H28O4. The van der Waals surface area contributed by atoms with Crippen molar-refractivity contribution < 1.29 is 19.4 Å². The van der Waals surface area contributed by atoms with Gasteiger partial charge in [0.2, 0.25) is 0 Å². The summed E-state index contributed by atoms with van der Waals surface area (Å²) in [6, 6.07) is 6.50. The van der Waals surface area contributed by atoms with Crippen molar-refractivity contribution in [3.63, 3.8) is 0 Å². The quantitative estimate of drug-likeness (QED) is 0.469. The Hall–Kier alpha value is -1.99. The zero-order valence-electron chi connectivity index (χ0n) is 16.4. The molecule has 0 amide bonds. The van der Waals surface area contributed by atoms with Crippen LogP contribution in [0.2, 0.25) is 0 Å². The molecule has 4 heteroatoms. The molecular weight excluding hydrogens is 340 g/mol. The van der Waals surface area contributed by atoms with Crippen molar-refractivity contribution in [2.45, 2.75) is 57.0 Å². The Balaban J connectivity index is 1.64. The molecule has 1 unspecified atom stereocenters. The summed E-state index contributed by atoms with van der Waals surface area (Å²) in [5.41, 5.74) is 1.51. The average molecular weight is 368 g/mol. The van der Waals surface area contributed by atoms with E-state index in [-0.39, 0.29) is 5.41 Å². The highest BCUT2D eigenvalue weighted by atomic mass is 16.5. The van der Waals surface area contributed by atoms with Gasteiger partial charge in [-0.2, -0.15) is 0 Å². The highest BCUT2D eigenvalue weighted by molar-refractivity contribution is 5.88. The zero-order chi connectivity index (χ0) is 19.2. The van der Waals surface area contributed by atoms with Crippen molar-refractivity contribution in [3.8, 4) is 17.6 Å². The van der Waals surface area contributed by atoms with Gasteiger partial charge in [-0.15, -0.1) is 0 Å². The van der Waals surface area contributed by atoms with Crippen LogP contribution in [0.3, 0.4) is 0 Å². The molecule has 27 heavy (non-hydrogen) atoms. The molecule has 0 aromatic heterocycles. The lowest BCUT2D eigenvalue weighted by atomic mass is 9.53. The first-order valence-corrected chi connectivity index (χ1v) is 9.92. The van der Waals surface area contributed by atoms with E-state index in [1.807, 2.05) is 0 Å². The van der Waals surface area contributed by atoms with Crippen LogP contribution in [0.1, 0.15) is 56.1 Å². The smallest absolute Gasteiger partial charge is 0.384 e. The summed E-state index contributed by atoms with van der Waals surface area (Å²) in [7, 11) is 3.04. The number of rotatable bonds is 1. The SMILES string of the molecule is COC(=O)C#CC1(O)CC[C@H]2[C@@H]3CCc4cc(OC)ccc4[C@H]3CC[C@@]21C. The second kappa shape index (κ2) is 6.56. The number of carbonyl (C=O) groups excluding carboxylic acids is 1. The summed E-state index contributed by atoms with van der Waals surface area (Å²) in [5.74, 6) is 7.30. The minimum absolute atomic E-state index is 0.265. The number of methoxy groups -OCH3 is 2. The van der Waals surface area contributed by atoms with Gasteiger partial charge in [-0.25, -0.2) is 4.79 Å². The molecule has 1 N–H and O–H groups in total. The number of hydrogen-bond donors (Lipinski definition) is 1. The van der Waals surface area contributed by atoms with Crippen molar-refractivity contribution in [1.82, 2.24) is 0 Å². The zero-order valence-corrected chi connectivity index (χ0v) is 16.4. The predicted molar refractivity (Wildman–Crippen MR) is 102 cm³/mol. The monoisotopic (exact) mass is 368 g/mol. The third kappa shape index (κ3) is 2.75. The maximum absolute atomic E-state index is 11.5. The van der Waals surface area contributed by atoms with Crippen LogP contribution in [0.5, 0.6) is 5.75 Å². The molecule has 0 heterocycles. The molecule has 0 spiro atoms. The Morgan fingerprint density at radius 1 is 1.22 bits per heavy atom. The van der Waals surface area contributed by atoms with Crippen molar-refractivity contribution in [2.24, 2.45) is 17.3 Å². The average Bonchev–Trinajstić information content (AvgIpc) is 2.96. The van der Waals surface area contributed by atoms with Gasteiger partial charge in [0.15, 0.2) is 0 Å². The Morgan fingerprint density at radius 2 is 2.04 bits per heavy atom. The number of hydrogen-bond acceptors (Lipinski definition) is 4. The van der Waals surface area contributed by atoms with E-state index in [4.69, 9.17) is 4.74 Å². The number of esters is 1. The molecule has 1 aromatic rings. The molecule has 2 saturated carbocycles. The molecule has 0 radical (unpaired) electrons. The third-order valence-corrected chi connectivity index (χ3v) is 7.64. The van der Waals surface area contributed by atoms with Crippen LogP contribution in [0.15, 0.2) is 18.2 Å². The van der Waals surface area contributed by atoms with Crippen molar-refractivity contribution in [2.75, 3.05) is 14.2 Å². The number of aliphatic hydroxyl groups is 1. The lowest BCUT2D eigenvalue weighted by Gasteiger charge is -2.52. The first-order valence-electron chi connectivity index (χ1n) is 9.92. The molecule has 144 valence electrons. The Bertz CT molecular complexity index is 819. The summed E-state index contributed by atoms with van der Waals surface area (Å²) >= 11 is 0. The van der Waals surface area contributed by atoms with E-state index < -0.39 is 11.6 Å². The largest absolute Gasteiger partial charge is 0.497 e. The van der Waals surface area contributed by atoms with Crippen molar-refractivity contribution in [1.29, 1.82) is 0 Å². The summed E-state index contributed by atoms with van der Waals surface area (Å²) in [5, 5.41) is 11.3. The van der Waals surface area contributed by atoms with Gasteiger partial charge in [-0.05, 0) is 79.5 Å². The van der Waals surface area contributed by atoms with E-state index in [1.165, 1.54) is 18.2 Å². The first-order chi connectivity index (χ1) is 12.9. The van der Waals surface area contributed by atoms with Crippen LogP contribution in [0, 0.1) is 29.1 Å². The van der Waals surface area contributed by atoms with Crippen LogP contribution in [0.4, 0.5) is 0 Å². The number of ether oxygens (including phenoxy) is 2. The van der Waals surface area contributed by atoms with E-state index in [0.29, 0.717) is 24.2 Å². The van der Waals surface area contributed by atoms with E-state index >= 15 is 0 Å². The van der Waals surface area contributed by atoms with Gasteiger partial charge in [0.1, 0.15) is 11.4 Å². The number of fused-ring (bicyclic) bond motifs is 5. The molecule has 0 aliphatic heterocycles. The van der Waals surface area contributed by atoms with E-state index in [2.05, 4.69) is 41.7 Å². The maximum atomic E-state index is 11.5. The predicted octanol–water partition coefficient (Wildman–Crippen LogP) is 3.46. The van der Waals surface area contributed by atoms with Crippen LogP contribution in [0.25, 0.3) is 0 Å². The van der Waals surface area contributed by atoms with Crippen LogP contribution >= 0.6 is 0 Å². The fourth-order valence-corrected chi connectivity index (χ4v) is 6.11. The standard InChI is InChI=1S/C23H28O4/c1-22-11-8-18-17-7-5-16(26-2)14-15(17)4-6-19(18)20(22)9-12-23(22,25)13-10-21(24)27-3/h5,7,14,18-20,25H,4,6,8-9,11-12H2,1-3H3/t18-,19-,20+,22+,23?/m1/s1. The first kappa shape index (κ1) is 18.4. The summed E-state index contributed by atoms with van der Waals surface area (Å²) in [4.78, 5) is 11.5.